The van der Waals surface area contributed by atoms with Crippen LogP contribution in [0, 0.1) is 13.8 Å². The van der Waals surface area contributed by atoms with E-state index in [4.69, 9.17) is 0 Å². The molecule has 0 heterocycles. The molecule has 0 saturated heterocycles. The van der Waals surface area contributed by atoms with E-state index in [-0.39, 0.29) is 18.9 Å². The van der Waals surface area contributed by atoms with E-state index in [0.717, 1.165) is 38.8 Å². The van der Waals surface area contributed by atoms with Crippen molar-refractivity contribution in [2.24, 2.45) is 0 Å². The van der Waals surface area contributed by atoms with Crippen molar-refractivity contribution in [2.75, 3.05) is 0 Å². The van der Waals surface area contributed by atoms with Gasteiger partial charge in [-0.15, -0.1) is 0 Å². The fraction of sp³-hybridized carbons (Fsp3) is 0.150. The van der Waals surface area contributed by atoms with Gasteiger partial charge < -0.3 is 9.90 Å². The van der Waals surface area contributed by atoms with Crippen LogP contribution in [0.15, 0.2) is 48.5 Å². The number of carbonyl (C=O) groups is 1. The number of hydrogen-bond acceptors (Lipinski definition) is 2. The Balaban J connectivity index is 0.00000156. The molecule has 23 heavy (non-hydrogen) atoms. The Morgan fingerprint density at radius 3 is 2.35 bits per heavy atom. The normalized spacial score (nSPS) is 15.0. The molecule has 0 saturated carbocycles. The first-order chi connectivity index (χ1) is 10.6. The Kier molecular flexibility index (Phi) is 3.84. The number of carboxylic acid groups (broad SMARTS) is 1. The second-order valence-corrected chi connectivity index (χ2v) is 6.05. The van der Waals surface area contributed by atoms with Crippen molar-refractivity contribution in [1.29, 1.82) is 0 Å². The van der Waals surface area contributed by atoms with Crippen molar-refractivity contribution in [2.45, 2.75) is 19.8 Å². The molecule has 0 bridgehead atoms. The number of hydrogen-bond donors (Lipinski definition) is 0. The maximum absolute atomic E-state index is 11.8. The summed E-state index contributed by atoms with van der Waals surface area (Å²) in [5.41, 5.74) is 5.95. The first-order valence-corrected chi connectivity index (χ1v) is 7.42. The Morgan fingerprint density at radius 1 is 0.957 bits per heavy atom. The van der Waals surface area contributed by atoms with E-state index in [1.165, 1.54) is 5.39 Å². The molecule has 0 fully saturated rings. The topological polar surface area (TPSA) is 40.1 Å². The van der Waals surface area contributed by atoms with Gasteiger partial charge in [-0.1, -0.05) is 54.1 Å². The molecule has 0 aliphatic heterocycles. The Hall–Kier alpha value is -2.01. The van der Waals surface area contributed by atoms with Gasteiger partial charge >= 0.3 is 18.9 Å². The van der Waals surface area contributed by atoms with Gasteiger partial charge in [0.05, 0.1) is 5.97 Å². The van der Waals surface area contributed by atoms with Gasteiger partial charge in [0.25, 0.3) is 0 Å². The minimum Gasteiger partial charge on any atom is -0.549 e. The summed E-state index contributed by atoms with van der Waals surface area (Å²) in [7, 11) is 0. The summed E-state index contributed by atoms with van der Waals surface area (Å²) in [4.78, 5) is 11.8. The molecule has 0 radical (unpaired) electrons. The summed E-state index contributed by atoms with van der Waals surface area (Å²) in [6.07, 6.45) is 0. The first-order valence-electron chi connectivity index (χ1n) is 7.42. The Bertz CT molecular complexity index is 944. The van der Waals surface area contributed by atoms with Crippen LogP contribution in [0.5, 0.6) is 0 Å². The molecule has 3 heteroatoms. The Labute approximate surface area is 147 Å². The van der Waals surface area contributed by atoms with E-state index < -0.39 is 11.9 Å². The van der Waals surface area contributed by atoms with Gasteiger partial charge in [0.15, 0.2) is 0 Å². The molecule has 0 N–H and O–H groups in total. The van der Waals surface area contributed by atoms with Crippen molar-refractivity contribution in [1.82, 2.24) is 0 Å². The van der Waals surface area contributed by atoms with Crippen molar-refractivity contribution in [3.05, 3.63) is 70.8 Å². The third-order valence-corrected chi connectivity index (χ3v) is 4.62. The molecule has 0 amide bonds. The van der Waals surface area contributed by atoms with Crippen LogP contribution < -0.4 is 24.0 Å². The average molecular weight is 294 g/mol. The van der Waals surface area contributed by atoms with Gasteiger partial charge in [0.2, 0.25) is 0 Å². The molecule has 3 aromatic rings. The second-order valence-electron chi connectivity index (χ2n) is 6.05. The van der Waals surface area contributed by atoms with Crippen molar-refractivity contribution >= 4 is 16.7 Å². The predicted octanol–water partition coefficient (Wildman–Crippen LogP) is 0.323. The Morgan fingerprint density at radius 2 is 1.65 bits per heavy atom. The van der Waals surface area contributed by atoms with Crippen LogP contribution in [-0.2, 0) is 4.79 Å². The molecule has 0 aromatic heterocycles. The van der Waals surface area contributed by atoms with Crippen LogP contribution >= 0.6 is 0 Å². The summed E-state index contributed by atoms with van der Waals surface area (Å²) in [5, 5.41) is 14.1. The van der Waals surface area contributed by atoms with Gasteiger partial charge in [-0.05, 0) is 52.4 Å². The van der Waals surface area contributed by atoms with Gasteiger partial charge in [0.1, 0.15) is 0 Å². The molecule has 1 aliphatic carbocycles. The third-order valence-electron chi connectivity index (χ3n) is 4.62. The quantitative estimate of drug-likeness (QED) is 0.607. The number of rotatable bonds is 1. The van der Waals surface area contributed by atoms with Crippen LogP contribution in [0.1, 0.15) is 28.2 Å². The number of carbonyl (C=O) groups excluding carboxylic acids is 1. The molecule has 1 atom stereocenters. The van der Waals surface area contributed by atoms with E-state index in [1.807, 2.05) is 50.2 Å². The predicted molar refractivity (Wildman–Crippen MR) is 85.7 cm³/mol. The maximum atomic E-state index is 11.8. The first kappa shape index (κ1) is 15.9. The minimum absolute atomic E-state index is 0. The standard InChI is InChI=1S/C20H16O2.Li/c1-11-7-8-15-16(9-11)19(20(21)22)17-10-12(2)13-5-3-4-6-14(13)18(15)17;/h3-10,19H,1-2H3,(H,21,22);/q;+1/p-1. The number of aryl methyl sites for hydroxylation is 2. The van der Waals surface area contributed by atoms with Crippen LogP contribution in [0.4, 0.5) is 0 Å². The molecule has 1 aliphatic rings. The summed E-state index contributed by atoms with van der Waals surface area (Å²) in [5.74, 6) is -1.70. The maximum Gasteiger partial charge on any atom is 1.00 e. The molecule has 1 unspecified atom stereocenters. The molecular formula is C20H15LiO2. The van der Waals surface area contributed by atoms with Crippen LogP contribution in [-0.4, -0.2) is 5.97 Å². The van der Waals surface area contributed by atoms with E-state index in [2.05, 4.69) is 12.1 Å². The molecule has 3 aromatic carbocycles. The van der Waals surface area contributed by atoms with Crippen molar-refractivity contribution in [3.63, 3.8) is 0 Å². The van der Waals surface area contributed by atoms with Gasteiger partial charge in [-0.2, -0.15) is 0 Å². The summed E-state index contributed by atoms with van der Waals surface area (Å²) < 4.78 is 0. The number of carboxylic acids is 1. The van der Waals surface area contributed by atoms with E-state index >= 15 is 0 Å². The molecule has 0 spiro atoms. The summed E-state index contributed by atoms with van der Waals surface area (Å²) in [6, 6.07) is 16.2. The SMILES string of the molecule is Cc1ccc2c(c1)C(C(=O)[O-])c1cc(C)c3ccccc3c1-2.[Li+]. The van der Waals surface area contributed by atoms with Crippen LogP contribution in [0.2, 0.25) is 0 Å². The molecule has 2 nitrogen and oxygen atoms in total. The molecule has 4 rings (SSSR count). The zero-order chi connectivity index (χ0) is 15.4. The number of fused-ring (bicyclic) bond motifs is 5. The molecular weight excluding hydrogens is 279 g/mol. The van der Waals surface area contributed by atoms with E-state index in [9.17, 15) is 9.90 Å². The largest absolute Gasteiger partial charge is 1.00 e. The third kappa shape index (κ3) is 2.22. The van der Waals surface area contributed by atoms with Gasteiger partial charge in [-0.3, -0.25) is 0 Å². The zero-order valence-electron chi connectivity index (χ0n) is 13.5. The van der Waals surface area contributed by atoms with Gasteiger partial charge in [-0.25, -0.2) is 0 Å². The monoisotopic (exact) mass is 294 g/mol. The second kappa shape index (κ2) is 5.56. The average Bonchev–Trinajstić information content (AvgIpc) is 2.80. The van der Waals surface area contributed by atoms with Crippen LogP contribution in [0.3, 0.4) is 0 Å². The number of benzene rings is 3. The number of aliphatic carboxylic acids is 1. The van der Waals surface area contributed by atoms with E-state index in [0.29, 0.717) is 0 Å². The summed E-state index contributed by atoms with van der Waals surface area (Å²) >= 11 is 0. The minimum atomic E-state index is -1.03. The molecule has 108 valence electrons. The van der Waals surface area contributed by atoms with E-state index in [1.54, 1.807) is 0 Å². The van der Waals surface area contributed by atoms with Crippen LogP contribution in [0.25, 0.3) is 21.9 Å². The summed E-state index contributed by atoms with van der Waals surface area (Å²) in [6.45, 7) is 4.02. The zero-order valence-corrected chi connectivity index (χ0v) is 13.5. The smallest absolute Gasteiger partial charge is 0.549 e. The fourth-order valence-electron chi connectivity index (χ4n) is 3.68. The van der Waals surface area contributed by atoms with Crippen molar-refractivity contribution < 1.29 is 28.8 Å². The fourth-order valence-corrected chi connectivity index (χ4v) is 3.68. The van der Waals surface area contributed by atoms with Gasteiger partial charge in [0, 0.05) is 5.92 Å². The van der Waals surface area contributed by atoms with Crippen molar-refractivity contribution in [3.8, 4) is 11.1 Å².